The molecule has 1 amide bonds. The minimum Gasteiger partial charge on any atom is -0.381 e. The van der Waals surface area contributed by atoms with Crippen molar-refractivity contribution in [1.29, 1.82) is 5.26 Å². The number of hydrogen-bond acceptors (Lipinski definition) is 6. The van der Waals surface area contributed by atoms with Crippen molar-refractivity contribution in [2.24, 2.45) is 0 Å². The predicted octanol–water partition coefficient (Wildman–Crippen LogP) is 4.41. The van der Waals surface area contributed by atoms with E-state index in [0.717, 1.165) is 68.0 Å². The molecule has 4 aromatic rings. The first-order valence-electron chi connectivity index (χ1n) is 13.1. The largest absolute Gasteiger partial charge is 0.381 e. The molecule has 38 heavy (non-hydrogen) atoms. The minimum atomic E-state index is -0.240. The summed E-state index contributed by atoms with van der Waals surface area (Å²) in [6.07, 6.45) is 0.965. The highest BCUT2D eigenvalue weighted by molar-refractivity contribution is 6.04. The lowest BCUT2D eigenvalue weighted by molar-refractivity contribution is 0.102. The number of hydrogen-bond donors (Lipinski definition) is 2. The summed E-state index contributed by atoms with van der Waals surface area (Å²) < 4.78 is 2.11. The fourth-order valence-corrected chi connectivity index (χ4v) is 4.76. The number of imidazole rings is 1. The number of amides is 1. The van der Waals surface area contributed by atoms with Crippen LogP contribution in [0.15, 0.2) is 72.8 Å². The average Bonchev–Trinajstić information content (AvgIpc) is 3.29. The Labute approximate surface area is 223 Å². The molecule has 0 unspecified atom stereocenters. The van der Waals surface area contributed by atoms with Crippen molar-refractivity contribution in [3.05, 3.63) is 89.5 Å². The Morgan fingerprint density at radius 2 is 1.74 bits per heavy atom. The van der Waals surface area contributed by atoms with Gasteiger partial charge in [-0.05, 0) is 74.1 Å². The molecule has 2 N–H and O–H groups in total. The van der Waals surface area contributed by atoms with Crippen LogP contribution in [0, 0.1) is 11.3 Å². The Balaban J connectivity index is 1.35. The molecule has 3 aromatic carbocycles. The van der Waals surface area contributed by atoms with E-state index < -0.39 is 0 Å². The van der Waals surface area contributed by atoms with E-state index in [9.17, 15) is 4.79 Å². The number of carbonyl (C=O) groups excluding carboxylic acids is 1. The fraction of sp³-hybridized carbons (Fsp3) is 0.300. The van der Waals surface area contributed by atoms with E-state index in [4.69, 9.17) is 10.2 Å². The number of aryl methyl sites for hydroxylation is 1. The molecule has 0 bridgehead atoms. The molecule has 1 aliphatic heterocycles. The third-order valence-corrected chi connectivity index (χ3v) is 7.04. The predicted molar refractivity (Wildman–Crippen MR) is 151 cm³/mol. The number of likely N-dealkylation sites (N-methyl/N-ethyl adjacent to an activating group) is 1. The Kier molecular flexibility index (Phi) is 7.98. The molecule has 8 nitrogen and oxygen atoms in total. The molecule has 0 spiro atoms. The molecule has 1 aliphatic rings. The van der Waals surface area contributed by atoms with Crippen molar-refractivity contribution >= 4 is 28.6 Å². The molecule has 1 aromatic heterocycles. The van der Waals surface area contributed by atoms with Gasteiger partial charge in [0.15, 0.2) is 0 Å². The topological polar surface area (TPSA) is 89.2 Å². The lowest BCUT2D eigenvalue weighted by Gasteiger charge is -2.32. The van der Waals surface area contributed by atoms with Gasteiger partial charge in [0.25, 0.3) is 5.91 Å². The molecule has 0 saturated carbocycles. The molecular formula is C30H33N7O. The van der Waals surface area contributed by atoms with Crippen molar-refractivity contribution in [3.8, 4) is 6.07 Å². The number of piperazine rings is 1. The second-order valence-corrected chi connectivity index (χ2v) is 9.77. The van der Waals surface area contributed by atoms with Gasteiger partial charge in [0.2, 0.25) is 5.95 Å². The zero-order valence-corrected chi connectivity index (χ0v) is 21.7. The monoisotopic (exact) mass is 507 g/mol. The van der Waals surface area contributed by atoms with Gasteiger partial charge >= 0.3 is 0 Å². The summed E-state index contributed by atoms with van der Waals surface area (Å²) in [5, 5.41) is 15.5. The Hall–Kier alpha value is -4.19. The maximum atomic E-state index is 13.1. The van der Waals surface area contributed by atoms with Gasteiger partial charge in [-0.2, -0.15) is 5.26 Å². The van der Waals surface area contributed by atoms with Gasteiger partial charge in [-0.25, -0.2) is 4.98 Å². The van der Waals surface area contributed by atoms with Crippen LogP contribution in [0.2, 0.25) is 0 Å². The molecule has 5 rings (SSSR count). The van der Waals surface area contributed by atoms with Crippen molar-refractivity contribution in [2.45, 2.75) is 19.5 Å². The van der Waals surface area contributed by atoms with Crippen LogP contribution in [0.5, 0.6) is 0 Å². The van der Waals surface area contributed by atoms with Crippen LogP contribution in [0.1, 0.15) is 27.9 Å². The van der Waals surface area contributed by atoms with E-state index in [1.165, 1.54) is 0 Å². The molecule has 0 aliphatic carbocycles. The number of nitriles is 1. The molecule has 1 fully saturated rings. The molecule has 2 heterocycles. The van der Waals surface area contributed by atoms with E-state index in [0.29, 0.717) is 23.6 Å². The lowest BCUT2D eigenvalue weighted by atomic mass is 10.1. The number of fused-ring (bicyclic) bond motifs is 1. The number of para-hydroxylation sites is 1. The van der Waals surface area contributed by atoms with E-state index in [1.54, 1.807) is 24.3 Å². The van der Waals surface area contributed by atoms with Crippen molar-refractivity contribution in [3.63, 3.8) is 0 Å². The third kappa shape index (κ3) is 6.20. The normalized spacial score (nSPS) is 14.3. The van der Waals surface area contributed by atoms with Crippen LogP contribution in [0.25, 0.3) is 11.0 Å². The van der Waals surface area contributed by atoms with Gasteiger partial charge in [0.05, 0.1) is 22.7 Å². The van der Waals surface area contributed by atoms with Gasteiger partial charge in [0, 0.05) is 50.5 Å². The highest BCUT2D eigenvalue weighted by Gasteiger charge is 2.17. The number of aromatic nitrogens is 2. The number of anilines is 2. The molecule has 194 valence electrons. The van der Waals surface area contributed by atoms with Crippen LogP contribution < -0.4 is 10.6 Å². The van der Waals surface area contributed by atoms with E-state index >= 15 is 0 Å². The van der Waals surface area contributed by atoms with Gasteiger partial charge < -0.3 is 19.7 Å². The molecule has 1 saturated heterocycles. The SMILES string of the molecule is CN1CCN(CCCn2c(NC(=O)c3ccc(C#N)cc3)nc3cc(CNc4ccccc4)ccc32)CC1. The zero-order chi connectivity index (χ0) is 26.3. The first-order valence-corrected chi connectivity index (χ1v) is 13.1. The number of rotatable bonds is 9. The van der Waals surface area contributed by atoms with Gasteiger partial charge in [-0.1, -0.05) is 24.3 Å². The summed E-state index contributed by atoms with van der Waals surface area (Å²) in [5.74, 6) is 0.303. The summed E-state index contributed by atoms with van der Waals surface area (Å²) in [4.78, 5) is 22.7. The highest BCUT2D eigenvalue weighted by atomic mass is 16.1. The van der Waals surface area contributed by atoms with Gasteiger partial charge in [-0.15, -0.1) is 0 Å². The maximum absolute atomic E-state index is 13.1. The quantitative estimate of drug-likeness (QED) is 0.349. The summed E-state index contributed by atoms with van der Waals surface area (Å²) >= 11 is 0. The van der Waals surface area contributed by atoms with Crippen LogP contribution in [0.3, 0.4) is 0 Å². The smallest absolute Gasteiger partial charge is 0.257 e. The summed E-state index contributed by atoms with van der Waals surface area (Å²) in [5.41, 5.74) is 5.06. The second-order valence-electron chi connectivity index (χ2n) is 9.77. The van der Waals surface area contributed by atoms with Crippen molar-refractivity contribution in [1.82, 2.24) is 19.4 Å². The number of nitrogens with zero attached hydrogens (tertiary/aromatic N) is 5. The standard InChI is InChI=1S/C30H33N7O/c1-35-16-18-36(19-17-35)14-5-15-37-28-13-10-24(22-32-26-6-3-2-4-7-26)20-27(28)33-30(37)34-29(38)25-11-8-23(21-31)9-12-25/h2-4,6-13,20,32H,5,14-19,22H2,1H3,(H,33,34,38). The Bertz CT molecular complexity index is 1420. The summed E-state index contributed by atoms with van der Waals surface area (Å²) in [6.45, 7) is 6.81. The third-order valence-electron chi connectivity index (χ3n) is 7.04. The maximum Gasteiger partial charge on any atom is 0.257 e. The highest BCUT2D eigenvalue weighted by Crippen LogP contribution is 2.23. The second kappa shape index (κ2) is 11.9. The van der Waals surface area contributed by atoms with Crippen LogP contribution in [0.4, 0.5) is 11.6 Å². The van der Waals surface area contributed by atoms with Gasteiger partial charge in [0.1, 0.15) is 0 Å². The summed E-state index contributed by atoms with van der Waals surface area (Å²) in [7, 11) is 2.17. The van der Waals surface area contributed by atoms with Crippen LogP contribution in [-0.2, 0) is 13.1 Å². The molecular weight excluding hydrogens is 474 g/mol. The van der Waals surface area contributed by atoms with E-state index in [2.05, 4.69) is 56.3 Å². The minimum absolute atomic E-state index is 0.240. The Morgan fingerprint density at radius 1 is 0.974 bits per heavy atom. The van der Waals surface area contributed by atoms with Gasteiger partial charge in [-0.3, -0.25) is 10.1 Å². The van der Waals surface area contributed by atoms with Crippen LogP contribution in [-0.4, -0.2) is 65.0 Å². The molecule has 0 atom stereocenters. The number of carbonyl (C=O) groups is 1. The average molecular weight is 508 g/mol. The Morgan fingerprint density at radius 3 is 2.47 bits per heavy atom. The molecule has 8 heteroatoms. The van der Waals surface area contributed by atoms with E-state index in [1.807, 2.05) is 30.3 Å². The number of nitrogens with one attached hydrogen (secondary N) is 2. The van der Waals surface area contributed by atoms with E-state index in [-0.39, 0.29) is 5.91 Å². The zero-order valence-electron chi connectivity index (χ0n) is 21.7. The number of benzene rings is 3. The molecule has 0 radical (unpaired) electrons. The fourth-order valence-electron chi connectivity index (χ4n) is 4.76. The first kappa shape index (κ1) is 25.5. The van der Waals surface area contributed by atoms with Crippen molar-refractivity contribution < 1.29 is 4.79 Å². The van der Waals surface area contributed by atoms with Crippen molar-refractivity contribution in [2.75, 3.05) is 50.4 Å². The lowest BCUT2D eigenvalue weighted by Crippen LogP contribution is -2.44. The van der Waals surface area contributed by atoms with Crippen LogP contribution >= 0.6 is 0 Å². The summed E-state index contributed by atoms with van der Waals surface area (Å²) in [6, 6.07) is 25.1. The first-order chi connectivity index (χ1) is 18.6.